The maximum atomic E-state index is 15.5. The highest BCUT2D eigenvalue weighted by Gasteiger charge is 2.58. The van der Waals surface area contributed by atoms with E-state index in [0.717, 1.165) is 37.5 Å². The molecule has 0 aliphatic heterocycles. The van der Waals surface area contributed by atoms with Crippen LogP contribution in [0, 0.1) is 0 Å². The summed E-state index contributed by atoms with van der Waals surface area (Å²) in [4.78, 5) is 13.8. The van der Waals surface area contributed by atoms with Crippen molar-refractivity contribution in [2.24, 2.45) is 0 Å². The van der Waals surface area contributed by atoms with E-state index < -0.39 is 41.8 Å². The van der Waals surface area contributed by atoms with Crippen molar-refractivity contribution in [3.8, 4) is 0 Å². The Morgan fingerprint density at radius 3 is 1.49 bits per heavy atom. The second kappa shape index (κ2) is 18.3. The lowest BCUT2D eigenvalue weighted by atomic mass is 10.1. The Bertz CT molecular complexity index is 2050. The number of unbranched alkanes of at least 4 members (excludes halogenated alkanes) is 7. The molecule has 282 valence electrons. The van der Waals surface area contributed by atoms with Crippen molar-refractivity contribution >= 4 is 47.3 Å². The highest BCUT2D eigenvalue weighted by Crippen LogP contribution is 2.70. The van der Waals surface area contributed by atoms with Gasteiger partial charge in [-0.3, -0.25) is 4.18 Å². The number of carbonyl (C=O) groups excluding carboxylic acids is 1. The van der Waals surface area contributed by atoms with Crippen molar-refractivity contribution in [2.75, 3.05) is 13.2 Å². The average molecular weight is 785 g/mol. The molecule has 0 radical (unpaired) electrons. The number of benzene rings is 5. The lowest BCUT2D eigenvalue weighted by molar-refractivity contribution is -0.161. The van der Waals surface area contributed by atoms with Gasteiger partial charge in [-0.2, -0.15) is 25.6 Å². The van der Waals surface area contributed by atoms with E-state index in [0.29, 0.717) is 32.9 Å². The van der Waals surface area contributed by atoms with Gasteiger partial charge >= 0.3 is 21.3 Å². The Labute approximate surface area is 311 Å². The number of hydrogen-bond donors (Lipinski definition) is 0. The van der Waals surface area contributed by atoms with E-state index in [1.165, 1.54) is 6.07 Å². The zero-order valence-electron chi connectivity index (χ0n) is 29.0. The van der Waals surface area contributed by atoms with Gasteiger partial charge in [0.2, 0.25) is 0 Å². The molecule has 0 N–H and O–H groups in total. The molecule has 5 rings (SSSR count). The fourth-order valence-corrected chi connectivity index (χ4v) is 12.0. The van der Waals surface area contributed by atoms with Crippen LogP contribution in [0.5, 0.6) is 0 Å². The Morgan fingerprint density at radius 1 is 0.528 bits per heavy atom. The van der Waals surface area contributed by atoms with Crippen LogP contribution in [-0.2, 0) is 37.6 Å². The second-order valence-corrected chi connectivity index (χ2v) is 18.3. The van der Waals surface area contributed by atoms with Gasteiger partial charge in [-0.15, -0.1) is 0 Å². The van der Waals surface area contributed by atoms with Crippen LogP contribution in [0.25, 0.3) is 10.8 Å². The zero-order valence-corrected chi connectivity index (χ0v) is 31.5. The SMILES string of the molecule is O=C(OCCCCCCCCCCOS(=O)(=O)c1cccc2ccccc12)C(F)(F)S(=O)(=O)OS(c1ccccc1)(c1ccccc1)c1ccccc1. The lowest BCUT2D eigenvalue weighted by Gasteiger charge is -2.39. The third-order valence-electron chi connectivity index (χ3n) is 8.50. The number of esters is 1. The third-order valence-corrected chi connectivity index (χ3v) is 15.0. The molecule has 0 spiro atoms. The second-order valence-electron chi connectivity index (χ2n) is 12.3. The predicted octanol–water partition coefficient (Wildman–Crippen LogP) is 10.0. The number of carbonyl (C=O) groups is 1. The fourth-order valence-electron chi connectivity index (χ4n) is 5.80. The van der Waals surface area contributed by atoms with Crippen LogP contribution in [0.1, 0.15) is 51.4 Å². The monoisotopic (exact) mass is 784 g/mol. The Hall–Kier alpha value is -4.14. The summed E-state index contributed by atoms with van der Waals surface area (Å²) in [6.07, 6.45) is 5.52. The maximum Gasteiger partial charge on any atom is 0.466 e. The number of alkyl halides is 2. The van der Waals surface area contributed by atoms with E-state index in [1.54, 1.807) is 109 Å². The Balaban J connectivity index is 1.06. The van der Waals surface area contributed by atoms with Gasteiger partial charge in [0.1, 0.15) is 4.90 Å². The van der Waals surface area contributed by atoms with Crippen LogP contribution in [0.3, 0.4) is 0 Å². The first-order valence-corrected chi connectivity index (χ1v) is 21.7. The minimum absolute atomic E-state index is 0.0787. The highest BCUT2D eigenvalue weighted by atomic mass is 32.3. The third kappa shape index (κ3) is 9.70. The van der Waals surface area contributed by atoms with Gasteiger partial charge in [-0.1, -0.05) is 130 Å². The zero-order chi connectivity index (χ0) is 37.8. The van der Waals surface area contributed by atoms with E-state index in [-0.39, 0.29) is 24.5 Å². The molecule has 0 amide bonds. The van der Waals surface area contributed by atoms with Crippen LogP contribution in [0.15, 0.2) is 153 Å². The number of ether oxygens (including phenoxy) is 1. The summed E-state index contributed by atoms with van der Waals surface area (Å²) < 4.78 is 98.9. The summed E-state index contributed by atoms with van der Waals surface area (Å²) in [5.41, 5.74) is 0. The first kappa shape index (κ1) is 40.1. The molecular formula is C40H42F2O8S3. The van der Waals surface area contributed by atoms with Gasteiger partial charge in [0.15, 0.2) is 0 Å². The van der Waals surface area contributed by atoms with Gasteiger partial charge in [0, 0.05) is 20.1 Å². The highest BCUT2D eigenvalue weighted by molar-refractivity contribution is 8.33. The first-order chi connectivity index (χ1) is 25.5. The van der Waals surface area contributed by atoms with Crippen LogP contribution in [-0.4, -0.2) is 41.3 Å². The molecule has 5 aromatic rings. The quantitative estimate of drug-likeness (QED) is 0.0436. The smallest absolute Gasteiger partial charge is 0.460 e. The molecule has 0 aliphatic rings. The molecule has 0 aliphatic carbocycles. The number of fused-ring (bicyclic) bond motifs is 1. The molecule has 5 aromatic carbocycles. The average Bonchev–Trinajstić information content (AvgIpc) is 3.18. The van der Waals surface area contributed by atoms with Gasteiger partial charge in [-0.25, -0.2) is 8.42 Å². The molecule has 13 heteroatoms. The van der Waals surface area contributed by atoms with E-state index in [1.807, 2.05) is 18.2 Å². The van der Waals surface area contributed by atoms with Gasteiger partial charge in [-0.05, 0) is 71.0 Å². The van der Waals surface area contributed by atoms with Crippen molar-refractivity contribution in [1.29, 1.82) is 0 Å². The largest absolute Gasteiger partial charge is 0.466 e. The molecule has 0 aromatic heterocycles. The summed E-state index contributed by atoms with van der Waals surface area (Å²) in [5, 5.41) is -3.53. The molecule has 0 bridgehead atoms. The van der Waals surface area contributed by atoms with Gasteiger partial charge in [0.25, 0.3) is 10.1 Å². The van der Waals surface area contributed by atoms with Crippen LogP contribution in [0.4, 0.5) is 8.78 Å². The van der Waals surface area contributed by atoms with Crippen molar-refractivity contribution < 1.29 is 43.0 Å². The lowest BCUT2D eigenvalue weighted by Crippen LogP contribution is -2.41. The van der Waals surface area contributed by atoms with Crippen LogP contribution >= 0.6 is 10.3 Å². The minimum Gasteiger partial charge on any atom is -0.460 e. The summed E-state index contributed by atoms with van der Waals surface area (Å²) in [6.45, 7) is -0.296. The van der Waals surface area contributed by atoms with E-state index in [4.69, 9.17) is 12.5 Å². The Morgan fingerprint density at radius 2 is 0.962 bits per heavy atom. The molecular weight excluding hydrogens is 743 g/mol. The standard InChI is InChI=1S/C40H42F2O8S3/c41-40(42,53(46,47)50-51(34-23-10-7-11-24-34,35-25-12-8-13-26-35)36-27-14-9-15-28-36)39(43)48-31-18-5-3-1-2-4-6-19-32-49-52(44,45)38-30-20-22-33-21-16-17-29-37(33)38/h7-17,20-30H,1-6,18-19,31-32H2. The Kier molecular flexibility index (Phi) is 13.8. The normalized spacial score (nSPS) is 12.8. The van der Waals surface area contributed by atoms with Crippen molar-refractivity contribution in [3.05, 3.63) is 133 Å². The predicted molar refractivity (Wildman–Crippen MR) is 202 cm³/mol. The van der Waals surface area contributed by atoms with Crippen LogP contribution in [0.2, 0.25) is 0 Å². The van der Waals surface area contributed by atoms with Crippen LogP contribution < -0.4 is 0 Å². The molecule has 0 unspecified atom stereocenters. The number of rotatable bonds is 20. The summed E-state index contributed by atoms with van der Waals surface area (Å²) in [6, 6.07) is 37.0. The fraction of sp³-hybridized carbons (Fsp3) is 0.275. The van der Waals surface area contributed by atoms with Crippen molar-refractivity contribution in [2.45, 2.75) is 76.2 Å². The molecule has 0 heterocycles. The summed E-state index contributed by atoms with van der Waals surface area (Å²) >= 11 is 0. The summed E-state index contributed by atoms with van der Waals surface area (Å²) in [5.74, 6) is -2.19. The van der Waals surface area contributed by atoms with E-state index in [2.05, 4.69) is 0 Å². The topological polar surface area (TPSA) is 113 Å². The van der Waals surface area contributed by atoms with Gasteiger partial charge < -0.3 is 4.74 Å². The minimum atomic E-state index is -5.87. The molecule has 0 saturated carbocycles. The van der Waals surface area contributed by atoms with Crippen molar-refractivity contribution in [3.63, 3.8) is 0 Å². The summed E-state index contributed by atoms with van der Waals surface area (Å²) in [7, 11) is -13.0. The molecule has 8 nitrogen and oxygen atoms in total. The van der Waals surface area contributed by atoms with Crippen molar-refractivity contribution in [1.82, 2.24) is 0 Å². The molecule has 53 heavy (non-hydrogen) atoms. The first-order valence-electron chi connectivity index (χ1n) is 17.4. The van der Waals surface area contributed by atoms with E-state index >= 15 is 8.78 Å². The number of hydrogen-bond acceptors (Lipinski definition) is 8. The number of halogens is 2. The van der Waals surface area contributed by atoms with Gasteiger partial charge in [0.05, 0.1) is 13.2 Å². The molecule has 0 saturated heterocycles. The molecule has 0 atom stereocenters. The molecule has 0 fully saturated rings. The van der Waals surface area contributed by atoms with E-state index in [9.17, 15) is 21.6 Å². The maximum absolute atomic E-state index is 15.5.